The van der Waals surface area contributed by atoms with E-state index in [1.54, 1.807) is 11.2 Å². The Labute approximate surface area is 157 Å². The van der Waals surface area contributed by atoms with Crippen LogP contribution < -0.4 is 4.74 Å². The first-order valence-corrected chi connectivity index (χ1v) is 9.00. The quantitative estimate of drug-likeness (QED) is 0.558. The Morgan fingerprint density at radius 3 is 2.77 bits per heavy atom. The number of pyridine rings is 1. The lowest BCUT2D eigenvalue weighted by Gasteiger charge is -2.22. The van der Waals surface area contributed by atoms with Crippen LogP contribution in [0, 0.1) is 0 Å². The predicted octanol–water partition coefficient (Wildman–Crippen LogP) is 4.82. The first-order valence-electron chi connectivity index (χ1n) is 8.62. The topological polar surface area (TPSA) is 55.6 Å². The molecular weight excluding hydrogens is 352 g/mol. The summed E-state index contributed by atoms with van der Waals surface area (Å²) in [5, 5.41) is 1.33. The summed E-state index contributed by atoms with van der Waals surface area (Å²) in [6.45, 7) is 5.15. The number of carbonyl (C=O) groups excluding carboxylic acids is 1. The van der Waals surface area contributed by atoms with E-state index >= 15 is 0 Å². The van der Waals surface area contributed by atoms with E-state index in [-0.39, 0.29) is 5.91 Å². The second-order valence-corrected chi connectivity index (χ2v) is 6.27. The molecule has 2 heterocycles. The minimum Gasteiger partial charge on any atom is -0.494 e. The standard InChI is InChI=1S/C20H21ClN2O3/c1-3-19(24)23(13-17-6-5-9-26-17)12-15-10-14-11-16(25-4-2)7-8-18(14)22-20(15)21/h5-11H,3-4,12-13H2,1-2H3. The van der Waals surface area contributed by atoms with E-state index in [9.17, 15) is 4.79 Å². The van der Waals surface area contributed by atoms with Gasteiger partial charge in [-0.3, -0.25) is 4.79 Å². The summed E-state index contributed by atoms with van der Waals surface area (Å²) in [4.78, 5) is 18.5. The summed E-state index contributed by atoms with van der Waals surface area (Å²) in [5.41, 5.74) is 1.59. The Kier molecular flexibility index (Phi) is 5.78. The van der Waals surface area contributed by atoms with Crippen LogP contribution >= 0.6 is 11.6 Å². The molecule has 1 aromatic carbocycles. The van der Waals surface area contributed by atoms with Gasteiger partial charge < -0.3 is 14.1 Å². The van der Waals surface area contributed by atoms with Gasteiger partial charge in [-0.25, -0.2) is 4.98 Å². The van der Waals surface area contributed by atoms with E-state index < -0.39 is 0 Å². The smallest absolute Gasteiger partial charge is 0.222 e. The van der Waals surface area contributed by atoms with Crippen LogP contribution in [0.1, 0.15) is 31.6 Å². The molecule has 0 N–H and O–H groups in total. The van der Waals surface area contributed by atoms with E-state index in [0.29, 0.717) is 31.3 Å². The molecule has 0 aliphatic carbocycles. The number of fused-ring (bicyclic) bond motifs is 1. The number of benzene rings is 1. The maximum absolute atomic E-state index is 12.4. The molecule has 0 fully saturated rings. The van der Waals surface area contributed by atoms with Gasteiger partial charge in [0.15, 0.2) is 0 Å². The third kappa shape index (κ3) is 4.17. The van der Waals surface area contributed by atoms with E-state index in [2.05, 4.69) is 4.98 Å². The predicted molar refractivity (Wildman–Crippen MR) is 101 cm³/mol. The molecule has 0 spiro atoms. The van der Waals surface area contributed by atoms with Crippen molar-refractivity contribution in [3.05, 3.63) is 59.1 Å². The molecule has 3 aromatic rings. The first-order chi connectivity index (χ1) is 12.6. The van der Waals surface area contributed by atoms with Gasteiger partial charge in [0.25, 0.3) is 0 Å². The third-order valence-corrected chi connectivity index (χ3v) is 4.39. The molecule has 26 heavy (non-hydrogen) atoms. The molecule has 6 heteroatoms. The fourth-order valence-electron chi connectivity index (χ4n) is 2.79. The number of hydrogen-bond acceptors (Lipinski definition) is 4. The molecule has 0 unspecified atom stereocenters. The SMILES string of the molecule is CCOc1ccc2nc(Cl)c(CN(Cc3ccco3)C(=O)CC)cc2c1. The van der Waals surface area contributed by atoms with Crippen molar-refractivity contribution in [2.45, 2.75) is 33.4 Å². The van der Waals surface area contributed by atoms with Crippen LogP contribution in [-0.4, -0.2) is 22.4 Å². The van der Waals surface area contributed by atoms with E-state index in [4.69, 9.17) is 20.8 Å². The van der Waals surface area contributed by atoms with Crippen molar-refractivity contribution >= 4 is 28.4 Å². The van der Waals surface area contributed by atoms with Crippen LogP contribution in [0.15, 0.2) is 47.1 Å². The summed E-state index contributed by atoms with van der Waals surface area (Å²) >= 11 is 6.37. The van der Waals surface area contributed by atoms with Gasteiger partial charge in [-0.15, -0.1) is 0 Å². The van der Waals surface area contributed by atoms with Crippen molar-refractivity contribution in [3.63, 3.8) is 0 Å². The summed E-state index contributed by atoms with van der Waals surface area (Å²) in [6, 6.07) is 11.3. The fourth-order valence-corrected chi connectivity index (χ4v) is 3.00. The highest BCUT2D eigenvalue weighted by molar-refractivity contribution is 6.30. The molecule has 2 aromatic heterocycles. The molecule has 0 saturated carbocycles. The van der Waals surface area contributed by atoms with Gasteiger partial charge in [-0.1, -0.05) is 18.5 Å². The number of amides is 1. The van der Waals surface area contributed by atoms with Crippen LogP contribution in [0.4, 0.5) is 0 Å². The maximum Gasteiger partial charge on any atom is 0.222 e. The largest absolute Gasteiger partial charge is 0.494 e. The van der Waals surface area contributed by atoms with E-state index in [1.165, 1.54) is 0 Å². The number of furan rings is 1. The lowest BCUT2D eigenvalue weighted by atomic mass is 10.1. The van der Waals surface area contributed by atoms with Gasteiger partial charge in [0.2, 0.25) is 5.91 Å². The van der Waals surface area contributed by atoms with Crippen LogP contribution in [0.5, 0.6) is 5.75 Å². The van der Waals surface area contributed by atoms with Crippen LogP contribution in [0.2, 0.25) is 5.15 Å². The summed E-state index contributed by atoms with van der Waals surface area (Å²) in [5.74, 6) is 1.54. The molecule has 5 nitrogen and oxygen atoms in total. The molecule has 0 aliphatic heterocycles. The van der Waals surface area contributed by atoms with Gasteiger partial charge in [0.1, 0.15) is 16.7 Å². The lowest BCUT2D eigenvalue weighted by Crippen LogP contribution is -2.29. The average Bonchev–Trinajstić information content (AvgIpc) is 3.14. The molecule has 136 valence electrons. The first kappa shape index (κ1) is 18.3. The fraction of sp³-hybridized carbons (Fsp3) is 0.300. The molecule has 0 bridgehead atoms. The Morgan fingerprint density at radius 2 is 2.08 bits per heavy atom. The van der Waals surface area contributed by atoms with E-state index in [0.717, 1.165) is 28.0 Å². The minimum absolute atomic E-state index is 0.0284. The average molecular weight is 373 g/mol. The highest BCUT2D eigenvalue weighted by Gasteiger charge is 2.17. The zero-order chi connectivity index (χ0) is 18.5. The zero-order valence-electron chi connectivity index (χ0n) is 14.9. The van der Waals surface area contributed by atoms with Crippen molar-refractivity contribution in [3.8, 4) is 5.75 Å². The highest BCUT2D eigenvalue weighted by atomic mass is 35.5. The number of ether oxygens (including phenoxy) is 1. The van der Waals surface area contributed by atoms with Crippen molar-refractivity contribution in [1.29, 1.82) is 0 Å². The van der Waals surface area contributed by atoms with Gasteiger partial charge in [0.05, 0.1) is 24.9 Å². The number of hydrogen-bond donors (Lipinski definition) is 0. The van der Waals surface area contributed by atoms with Gasteiger partial charge in [0, 0.05) is 23.9 Å². The number of aromatic nitrogens is 1. The second kappa shape index (κ2) is 8.23. The Balaban J connectivity index is 1.90. The van der Waals surface area contributed by atoms with Gasteiger partial charge in [-0.2, -0.15) is 0 Å². The van der Waals surface area contributed by atoms with Crippen LogP contribution in [0.25, 0.3) is 10.9 Å². The van der Waals surface area contributed by atoms with Crippen molar-refractivity contribution in [1.82, 2.24) is 9.88 Å². The normalized spacial score (nSPS) is 10.9. The molecule has 0 aliphatic rings. The molecular formula is C20H21ClN2O3. The highest BCUT2D eigenvalue weighted by Crippen LogP contribution is 2.26. The molecule has 0 radical (unpaired) electrons. The Morgan fingerprint density at radius 1 is 1.23 bits per heavy atom. The number of halogens is 1. The molecule has 0 atom stereocenters. The number of carbonyl (C=O) groups is 1. The van der Waals surface area contributed by atoms with Crippen molar-refractivity contribution in [2.75, 3.05) is 6.61 Å². The van der Waals surface area contributed by atoms with Crippen molar-refractivity contribution < 1.29 is 13.9 Å². The summed E-state index contributed by atoms with van der Waals surface area (Å²) in [7, 11) is 0. The Hall–Kier alpha value is -2.53. The number of nitrogens with zero attached hydrogens (tertiary/aromatic N) is 2. The van der Waals surface area contributed by atoms with Crippen LogP contribution in [-0.2, 0) is 17.9 Å². The number of rotatable bonds is 7. The molecule has 3 rings (SSSR count). The minimum atomic E-state index is 0.0284. The summed E-state index contributed by atoms with van der Waals surface area (Å²) < 4.78 is 10.9. The maximum atomic E-state index is 12.4. The molecule has 1 amide bonds. The van der Waals surface area contributed by atoms with Crippen LogP contribution in [0.3, 0.4) is 0 Å². The Bertz CT molecular complexity index is 893. The van der Waals surface area contributed by atoms with E-state index in [1.807, 2.05) is 50.2 Å². The third-order valence-electron chi connectivity index (χ3n) is 4.07. The molecule has 0 saturated heterocycles. The van der Waals surface area contributed by atoms with Gasteiger partial charge in [-0.05, 0) is 43.3 Å². The zero-order valence-corrected chi connectivity index (χ0v) is 15.6. The summed E-state index contributed by atoms with van der Waals surface area (Å²) in [6.07, 6.45) is 2.01. The monoisotopic (exact) mass is 372 g/mol. The van der Waals surface area contributed by atoms with Gasteiger partial charge >= 0.3 is 0 Å². The van der Waals surface area contributed by atoms with Crippen molar-refractivity contribution in [2.24, 2.45) is 0 Å². The second-order valence-electron chi connectivity index (χ2n) is 5.91. The lowest BCUT2D eigenvalue weighted by molar-refractivity contribution is -0.132.